The van der Waals surface area contributed by atoms with Crippen molar-refractivity contribution in [3.05, 3.63) is 35.4 Å². The predicted molar refractivity (Wildman–Crippen MR) is 76.1 cm³/mol. The highest BCUT2D eigenvalue weighted by molar-refractivity contribution is 5.75. The van der Waals surface area contributed by atoms with Crippen molar-refractivity contribution in [1.82, 2.24) is 5.32 Å². The van der Waals surface area contributed by atoms with Gasteiger partial charge in [-0.2, -0.15) is 0 Å². The first-order valence-corrected chi connectivity index (χ1v) is 6.89. The SMILES string of the molecule is COC(=O)C(C)NC1CCC(C)(C)c2ccccc21. The molecule has 0 amide bonds. The normalized spacial score (nSPS) is 22.4. The number of esters is 1. The quantitative estimate of drug-likeness (QED) is 0.850. The van der Waals surface area contributed by atoms with Gasteiger partial charge in [0.15, 0.2) is 0 Å². The summed E-state index contributed by atoms with van der Waals surface area (Å²) in [6.45, 7) is 6.42. The second kappa shape index (κ2) is 5.33. The first-order chi connectivity index (χ1) is 8.95. The fourth-order valence-corrected chi connectivity index (χ4v) is 2.93. The van der Waals surface area contributed by atoms with E-state index in [4.69, 9.17) is 4.74 Å². The number of methoxy groups -OCH3 is 1. The number of hydrogen-bond acceptors (Lipinski definition) is 3. The van der Waals surface area contributed by atoms with Gasteiger partial charge in [-0.05, 0) is 36.3 Å². The van der Waals surface area contributed by atoms with E-state index < -0.39 is 0 Å². The summed E-state index contributed by atoms with van der Waals surface area (Å²) >= 11 is 0. The average molecular weight is 261 g/mol. The number of carbonyl (C=O) groups excluding carboxylic acids is 1. The lowest BCUT2D eigenvalue weighted by Gasteiger charge is -2.38. The molecule has 1 aliphatic rings. The maximum absolute atomic E-state index is 11.5. The van der Waals surface area contributed by atoms with Crippen LogP contribution < -0.4 is 5.32 Å². The van der Waals surface area contributed by atoms with Crippen molar-refractivity contribution >= 4 is 5.97 Å². The molecule has 3 heteroatoms. The lowest BCUT2D eigenvalue weighted by molar-refractivity contribution is -0.142. The molecule has 0 saturated heterocycles. The van der Waals surface area contributed by atoms with Crippen LogP contribution in [0.3, 0.4) is 0 Å². The molecule has 1 aromatic rings. The van der Waals surface area contributed by atoms with E-state index in [1.165, 1.54) is 18.2 Å². The molecule has 1 N–H and O–H groups in total. The molecule has 19 heavy (non-hydrogen) atoms. The van der Waals surface area contributed by atoms with Crippen molar-refractivity contribution in [2.24, 2.45) is 0 Å². The van der Waals surface area contributed by atoms with Gasteiger partial charge in [-0.25, -0.2) is 0 Å². The van der Waals surface area contributed by atoms with Crippen LogP contribution >= 0.6 is 0 Å². The average Bonchev–Trinajstić information content (AvgIpc) is 2.41. The lowest BCUT2D eigenvalue weighted by Crippen LogP contribution is -2.40. The van der Waals surface area contributed by atoms with Crippen LogP contribution in [0.4, 0.5) is 0 Å². The van der Waals surface area contributed by atoms with E-state index in [2.05, 4.69) is 43.4 Å². The highest BCUT2D eigenvalue weighted by Crippen LogP contribution is 2.41. The molecule has 0 aromatic heterocycles. The molecule has 2 rings (SSSR count). The molecular formula is C16H23NO2. The molecule has 2 atom stereocenters. The largest absolute Gasteiger partial charge is 0.468 e. The van der Waals surface area contributed by atoms with E-state index in [9.17, 15) is 4.79 Å². The molecule has 0 heterocycles. The molecule has 0 aliphatic heterocycles. The minimum atomic E-state index is -0.274. The Labute approximate surface area is 115 Å². The van der Waals surface area contributed by atoms with Crippen molar-refractivity contribution in [1.29, 1.82) is 0 Å². The van der Waals surface area contributed by atoms with Crippen LogP contribution in [0.1, 0.15) is 50.8 Å². The Balaban J connectivity index is 2.23. The van der Waals surface area contributed by atoms with E-state index in [0.717, 1.165) is 12.8 Å². The Morgan fingerprint density at radius 2 is 2.11 bits per heavy atom. The third kappa shape index (κ3) is 2.81. The summed E-state index contributed by atoms with van der Waals surface area (Å²) in [6, 6.07) is 8.48. The Bertz CT molecular complexity index is 468. The van der Waals surface area contributed by atoms with Gasteiger partial charge in [0.2, 0.25) is 0 Å². The van der Waals surface area contributed by atoms with Gasteiger partial charge in [0.25, 0.3) is 0 Å². The smallest absolute Gasteiger partial charge is 0.322 e. The summed E-state index contributed by atoms with van der Waals surface area (Å²) in [6.07, 6.45) is 2.17. The molecule has 0 bridgehead atoms. The molecular weight excluding hydrogens is 238 g/mol. The second-order valence-electron chi connectivity index (χ2n) is 5.97. The van der Waals surface area contributed by atoms with Gasteiger partial charge in [-0.3, -0.25) is 10.1 Å². The zero-order chi connectivity index (χ0) is 14.0. The van der Waals surface area contributed by atoms with E-state index in [-0.39, 0.29) is 23.5 Å². The molecule has 1 aromatic carbocycles. The van der Waals surface area contributed by atoms with Gasteiger partial charge in [0, 0.05) is 6.04 Å². The maximum Gasteiger partial charge on any atom is 0.322 e. The van der Waals surface area contributed by atoms with Gasteiger partial charge in [-0.15, -0.1) is 0 Å². The van der Waals surface area contributed by atoms with E-state index in [1.807, 2.05) is 6.92 Å². The molecule has 0 saturated carbocycles. The Morgan fingerprint density at radius 1 is 1.42 bits per heavy atom. The van der Waals surface area contributed by atoms with Crippen LogP contribution in [-0.4, -0.2) is 19.1 Å². The number of fused-ring (bicyclic) bond motifs is 1. The first kappa shape index (κ1) is 14.1. The van der Waals surface area contributed by atoms with Crippen LogP contribution in [0, 0.1) is 0 Å². The predicted octanol–water partition coefficient (Wildman–Crippen LogP) is 2.95. The highest BCUT2D eigenvalue weighted by atomic mass is 16.5. The van der Waals surface area contributed by atoms with Crippen molar-refractivity contribution in [3.8, 4) is 0 Å². The molecule has 0 radical (unpaired) electrons. The Morgan fingerprint density at radius 3 is 2.79 bits per heavy atom. The number of rotatable bonds is 3. The monoisotopic (exact) mass is 261 g/mol. The molecule has 0 spiro atoms. The van der Waals surface area contributed by atoms with E-state index in [1.54, 1.807) is 0 Å². The fourth-order valence-electron chi connectivity index (χ4n) is 2.93. The van der Waals surface area contributed by atoms with Gasteiger partial charge < -0.3 is 4.74 Å². The van der Waals surface area contributed by atoms with Gasteiger partial charge in [0.1, 0.15) is 6.04 Å². The van der Waals surface area contributed by atoms with Crippen LogP contribution in [0.25, 0.3) is 0 Å². The summed E-state index contributed by atoms with van der Waals surface area (Å²) in [5.74, 6) is -0.206. The minimum Gasteiger partial charge on any atom is -0.468 e. The summed E-state index contributed by atoms with van der Waals surface area (Å²) < 4.78 is 4.78. The van der Waals surface area contributed by atoms with Crippen LogP contribution in [0.5, 0.6) is 0 Å². The molecule has 104 valence electrons. The van der Waals surface area contributed by atoms with Crippen molar-refractivity contribution in [3.63, 3.8) is 0 Å². The number of hydrogen-bond donors (Lipinski definition) is 1. The van der Waals surface area contributed by atoms with Gasteiger partial charge >= 0.3 is 5.97 Å². The summed E-state index contributed by atoms with van der Waals surface area (Å²) in [4.78, 5) is 11.5. The summed E-state index contributed by atoms with van der Waals surface area (Å²) in [5.41, 5.74) is 2.91. The number of benzene rings is 1. The minimum absolute atomic E-state index is 0.206. The Kier molecular flexibility index (Phi) is 3.95. The van der Waals surface area contributed by atoms with Gasteiger partial charge in [0.05, 0.1) is 7.11 Å². The van der Waals surface area contributed by atoms with Crippen molar-refractivity contribution < 1.29 is 9.53 Å². The zero-order valence-electron chi connectivity index (χ0n) is 12.2. The topological polar surface area (TPSA) is 38.3 Å². The second-order valence-corrected chi connectivity index (χ2v) is 5.97. The standard InChI is InChI=1S/C16H23NO2/c1-11(15(18)19-4)17-14-9-10-16(2,3)13-8-6-5-7-12(13)14/h5-8,11,14,17H,9-10H2,1-4H3. The highest BCUT2D eigenvalue weighted by Gasteiger charge is 2.33. The van der Waals surface area contributed by atoms with Crippen molar-refractivity contribution in [2.75, 3.05) is 7.11 Å². The third-order valence-electron chi connectivity index (χ3n) is 4.13. The van der Waals surface area contributed by atoms with E-state index in [0.29, 0.717) is 0 Å². The van der Waals surface area contributed by atoms with Crippen LogP contribution in [-0.2, 0) is 14.9 Å². The third-order valence-corrected chi connectivity index (χ3v) is 4.13. The summed E-state index contributed by atoms with van der Waals surface area (Å²) in [5, 5.41) is 3.39. The number of ether oxygens (including phenoxy) is 1. The van der Waals surface area contributed by atoms with Crippen molar-refractivity contribution in [2.45, 2.75) is 51.1 Å². The molecule has 0 fully saturated rings. The van der Waals surface area contributed by atoms with E-state index >= 15 is 0 Å². The van der Waals surface area contributed by atoms with Crippen LogP contribution in [0.2, 0.25) is 0 Å². The van der Waals surface area contributed by atoms with Gasteiger partial charge in [-0.1, -0.05) is 38.1 Å². The first-order valence-electron chi connectivity index (χ1n) is 6.89. The number of carbonyl (C=O) groups is 1. The summed E-state index contributed by atoms with van der Waals surface area (Å²) in [7, 11) is 1.43. The zero-order valence-corrected chi connectivity index (χ0v) is 12.2. The fraction of sp³-hybridized carbons (Fsp3) is 0.562. The Hall–Kier alpha value is -1.35. The lowest BCUT2D eigenvalue weighted by atomic mass is 9.71. The number of nitrogens with one attached hydrogen (secondary N) is 1. The molecule has 1 aliphatic carbocycles. The molecule has 2 unspecified atom stereocenters. The maximum atomic E-state index is 11.5. The molecule has 3 nitrogen and oxygen atoms in total. The van der Waals surface area contributed by atoms with Crippen LogP contribution in [0.15, 0.2) is 24.3 Å².